The number of aliphatic hydroxyl groups is 1. The molecule has 5 heteroatoms. The van der Waals surface area contributed by atoms with Crippen LogP contribution in [-0.4, -0.2) is 60.0 Å². The van der Waals surface area contributed by atoms with Gasteiger partial charge in [0.05, 0.1) is 31.0 Å². The van der Waals surface area contributed by atoms with E-state index < -0.39 is 0 Å². The number of ether oxygens (including phenoxy) is 2. The minimum absolute atomic E-state index is 0.0360. The number of nitrogens with zero attached hydrogens (tertiary/aromatic N) is 1. The summed E-state index contributed by atoms with van der Waals surface area (Å²) in [5, 5.41) is 9.04. The van der Waals surface area contributed by atoms with E-state index in [1.54, 1.807) is 4.90 Å². The molecule has 5 nitrogen and oxygen atoms in total. The summed E-state index contributed by atoms with van der Waals surface area (Å²) in [7, 11) is 0. The lowest BCUT2D eigenvalue weighted by Crippen LogP contribution is -2.53. The Labute approximate surface area is 103 Å². The fraction of sp³-hybridized carbons (Fsp3) is 0.917. The fourth-order valence-electron chi connectivity index (χ4n) is 1.64. The first kappa shape index (κ1) is 14.4. The van der Waals surface area contributed by atoms with Crippen LogP contribution in [0, 0.1) is 0 Å². The van der Waals surface area contributed by atoms with E-state index in [1.165, 1.54) is 0 Å². The maximum Gasteiger partial charge on any atom is 0.249 e. The van der Waals surface area contributed by atoms with Crippen LogP contribution in [0.1, 0.15) is 27.7 Å². The van der Waals surface area contributed by atoms with Gasteiger partial charge in [-0.2, -0.15) is 0 Å². The lowest BCUT2D eigenvalue weighted by atomic mass is 10.2. The highest BCUT2D eigenvalue weighted by molar-refractivity contribution is 5.78. The lowest BCUT2D eigenvalue weighted by molar-refractivity contribution is -0.155. The van der Waals surface area contributed by atoms with Crippen LogP contribution in [0.5, 0.6) is 0 Å². The number of amides is 1. The van der Waals surface area contributed by atoms with E-state index >= 15 is 0 Å². The molecule has 0 bridgehead atoms. The van der Waals surface area contributed by atoms with Crippen LogP contribution in [0.3, 0.4) is 0 Å². The van der Waals surface area contributed by atoms with Gasteiger partial charge in [0.1, 0.15) is 6.61 Å². The van der Waals surface area contributed by atoms with Crippen LogP contribution in [0.15, 0.2) is 0 Å². The molecular formula is C12H23NO4. The highest BCUT2D eigenvalue weighted by Gasteiger charge is 2.29. The quantitative estimate of drug-likeness (QED) is 0.782. The molecule has 1 N–H and O–H groups in total. The van der Waals surface area contributed by atoms with Crippen molar-refractivity contribution in [2.45, 2.75) is 45.4 Å². The number of hydrogen-bond donors (Lipinski definition) is 1. The van der Waals surface area contributed by atoms with Crippen LogP contribution in [0.25, 0.3) is 0 Å². The molecule has 1 heterocycles. The third kappa shape index (κ3) is 4.61. The number of rotatable bonds is 3. The van der Waals surface area contributed by atoms with Gasteiger partial charge in [0.2, 0.25) is 5.91 Å². The molecular weight excluding hydrogens is 222 g/mol. The van der Waals surface area contributed by atoms with Gasteiger partial charge in [0.25, 0.3) is 0 Å². The Morgan fingerprint density at radius 1 is 1.53 bits per heavy atom. The summed E-state index contributed by atoms with van der Waals surface area (Å²) in [6.07, 6.45) is -0.273. The number of carbonyl (C=O) groups excluding carboxylic acids is 1. The first-order chi connectivity index (χ1) is 7.83. The Kier molecular flexibility index (Phi) is 4.91. The van der Waals surface area contributed by atoms with Gasteiger partial charge in [0.15, 0.2) is 0 Å². The Morgan fingerprint density at radius 2 is 2.18 bits per heavy atom. The van der Waals surface area contributed by atoms with Gasteiger partial charge in [-0.1, -0.05) is 0 Å². The maximum atomic E-state index is 12.0. The Balaban J connectivity index is 2.49. The van der Waals surface area contributed by atoms with Crippen LogP contribution in [0.4, 0.5) is 0 Å². The minimum Gasteiger partial charge on any atom is -0.394 e. The molecule has 1 amide bonds. The second kappa shape index (κ2) is 5.80. The molecule has 0 radical (unpaired) electrons. The number of aliphatic hydroxyl groups excluding tert-OH is 1. The van der Waals surface area contributed by atoms with Crippen molar-refractivity contribution in [1.82, 2.24) is 4.90 Å². The van der Waals surface area contributed by atoms with Gasteiger partial charge in [-0.05, 0) is 27.7 Å². The monoisotopic (exact) mass is 245 g/mol. The second-order valence-electron chi connectivity index (χ2n) is 5.43. The molecule has 0 aromatic rings. The zero-order chi connectivity index (χ0) is 13.1. The minimum atomic E-state index is -0.318. The molecule has 1 aliphatic rings. The first-order valence-corrected chi connectivity index (χ1v) is 5.99. The molecule has 0 aromatic heterocycles. The average molecular weight is 245 g/mol. The normalized spacial score (nSPS) is 26.1. The Morgan fingerprint density at radius 3 is 2.71 bits per heavy atom. The van der Waals surface area contributed by atoms with Gasteiger partial charge in [0, 0.05) is 6.54 Å². The van der Waals surface area contributed by atoms with Crippen molar-refractivity contribution in [3.8, 4) is 0 Å². The average Bonchev–Trinajstić information content (AvgIpc) is 2.25. The van der Waals surface area contributed by atoms with Gasteiger partial charge >= 0.3 is 0 Å². The largest absolute Gasteiger partial charge is 0.394 e. The zero-order valence-corrected chi connectivity index (χ0v) is 11.1. The molecule has 0 aromatic carbocycles. The van der Waals surface area contributed by atoms with Gasteiger partial charge in [-0.15, -0.1) is 0 Å². The van der Waals surface area contributed by atoms with Gasteiger partial charge < -0.3 is 19.5 Å². The summed E-state index contributed by atoms with van der Waals surface area (Å²) in [6, 6.07) is 0.0360. The highest BCUT2D eigenvalue weighted by atomic mass is 16.5. The van der Waals surface area contributed by atoms with Crippen LogP contribution in [0.2, 0.25) is 0 Å². The Bertz CT molecular complexity index is 262. The molecule has 100 valence electrons. The summed E-state index contributed by atoms with van der Waals surface area (Å²) in [4.78, 5) is 13.7. The third-order valence-electron chi connectivity index (χ3n) is 2.66. The van der Waals surface area contributed by atoms with Crippen molar-refractivity contribution in [2.24, 2.45) is 0 Å². The van der Waals surface area contributed by atoms with E-state index in [0.717, 1.165) is 0 Å². The molecule has 1 saturated heterocycles. The van der Waals surface area contributed by atoms with Gasteiger partial charge in [-0.3, -0.25) is 4.79 Å². The predicted molar refractivity (Wildman–Crippen MR) is 63.7 cm³/mol. The van der Waals surface area contributed by atoms with Crippen molar-refractivity contribution in [3.05, 3.63) is 0 Å². The van der Waals surface area contributed by atoms with Crippen molar-refractivity contribution in [3.63, 3.8) is 0 Å². The number of morpholine rings is 1. The summed E-state index contributed by atoms with van der Waals surface area (Å²) < 4.78 is 10.8. The van der Waals surface area contributed by atoms with E-state index in [4.69, 9.17) is 14.6 Å². The molecule has 0 aliphatic carbocycles. The van der Waals surface area contributed by atoms with E-state index in [2.05, 4.69) is 0 Å². The van der Waals surface area contributed by atoms with Crippen LogP contribution in [-0.2, 0) is 14.3 Å². The summed E-state index contributed by atoms with van der Waals surface area (Å²) in [6.45, 7) is 8.60. The molecule has 1 rings (SSSR count). The zero-order valence-electron chi connectivity index (χ0n) is 11.1. The molecule has 1 aliphatic heterocycles. The first-order valence-electron chi connectivity index (χ1n) is 5.99. The van der Waals surface area contributed by atoms with E-state index in [1.807, 2.05) is 27.7 Å². The predicted octanol–water partition coefficient (Wildman–Crippen LogP) is 0.410. The van der Waals surface area contributed by atoms with Crippen molar-refractivity contribution < 1.29 is 19.4 Å². The number of carbonyl (C=O) groups is 1. The number of hydrogen-bond acceptors (Lipinski definition) is 4. The highest BCUT2D eigenvalue weighted by Crippen LogP contribution is 2.13. The van der Waals surface area contributed by atoms with Crippen LogP contribution >= 0.6 is 0 Å². The maximum absolute atomic E-state index is 12.0. The van der Waals surface area contributed by atoms with Crippen molar-refractivity contribution in [1.29, 1.82) is 0 Å². The van der Waals surface area contributed by atoms with E-state index in [0.29, 0.717) is 13.2 Å². The van der Waals surface area contributed by atoms with Crippen molar-refractivity contribution >= 4 is 5.91 Å². The van der Waals surface area contributed by atoms with Gasteiger partial charge in [-0.25, -0.2) is 0 Å². The standard InChI is InChI=1S/C12H23NO4/c1-9-7-16-10(6-14)5-13(9)11(15)8-17-12(2,3)4/h9-10,14H,5-8H2,1-4H3. The van der Waals surface area contributed by atoms with E-state index in [9.17, 15) is 4.79 Å². The van der Waals surface area contributed by atoms with E-state index in [-0.39, 0.29) is 36.9 Å². The summed E-state index contributed by atoms with van der Waals surface area (Å²) >= 11 is 0. The molecule has 1 fully saturated rings. The SMILES string of the molecule is CC1COC(CO)CN1C(=O)COC(C)(C)C. The molecule has 17 heavy (non-hydrogen) atoms. The molecule has 2 unspecified atom stereocenters. The smallest absolute Gasteiger partial charge is 0.249 e. The third-order valence-corrected chi connectivity index (χ3v) is 2.66. The molecule has 2 atom stereocenters. The Hall–Kier alpha value is -0.650. The summed E-state index contributed by atoms with van der Waals surface area (Å²) in [5.74, 6) is -0.0471. The fourth-order valence-corrected chi connectivity index (χ4v) is 1.64. The topological polar surface area (TPSA) is 59.0 Å². The molecule has 0 saturated carbocycles. The lowest BCUT2D eigenvalue weighted by Gasteiger charge is -2.37. The molecule has 0 spiro atoms. The second-order valence-corrected chi connectivity index (χ2v) is 5.43. The van der Waals surface area contributed by atoms with Crippen LogP contribution < -0.4 is 0 Å². The van der Waals surface area contributed by atoms with Crippen molar-refractivity contribution in [2.75, 3.05) is 26.4 Å². The summed E-state index contributed by atoms with van der Waals surface area (Å²) in [5.41, 5.74) is -0.318.